The largest absolute Gasteiger partial charge is 0.0799 e. The van der Waals surface area contributed by atoms with Crippen LogP contribution in [0.2, 0.25) is 25.7 Å². The molecule has 3 unspecified atom stereocenters. The van der Waals surface area contributed by atoms with Crippen molar-refractivity contribution in [2.75, 3.05) is 0 Å². The Balaban J connectivity index is 1.86. The Labute approximate surface area is 112 Å². The molecule has 0 saturated heterocycles. The summed E-state index contributed by atoms with van der Waals surface area (Å²) >= 11 is 0. The molecule has 1 aromatic carbocycles. The Bertz CT molecular complexity index is 467. The maximum Gasteiger partial charge on any atom is 0.0445 e. The van der Waals surface area contributed by atoms with Gasteiger partial charge in [0.1, 0.15) is 0 Å². The van der Waals surface area contributed by atoms with Crippen molar-refractivity contribution in [1.82, 2.24) is 0 Å². The molecular formula is C17H24Si. The molecule has 1 fully saturated rings. The molecule has 96 valence electrons. The van der Waals surface area contributed by atoms with Gasteiger partial charge in [0.15, 0.2) is 0 Å². The molecule has 0 amide bonds. The van der Waals surface area contributed by atoms with E-state index in [0.717, 1.165) is 17.8 Å². The minimum absolute atomic E-state index is 0.813. The van der Waals surface area contributed by atoms with Crippen LogP contribution in [0.4, 0.5) is 0 Å². The highest BCUT2D eigenvalue weighted by Gasteiger charge is 2.39. The normalized spacial score (nSPS) is 30.1. The van der Waals surface area contributed by atoms with E-state index in [2.05, 4.69) is 56.1 Å². The van der Waals surface area contributed by atoms with Gasteiger partial charge in [-0.3, -0.25) is 0 Å². The summed E-state index contributed by atoms with van der Waals surface area (Å²) in [4.78, 5) is 0. The molecule has 3 atom stereocenters. The minimum Gasteiger partial charge on any atom is -0.0799 e. The van der Waals surface area contributed by atoms with Crippen molar-refractivity contribution in [3.8, 4) is 0 Å². The zero-order chi connectivity index (χ0) is 12.8. The third kappa shape index (κ3) is 2.21. The first kappa shape index (κ1) is 12.2. The van der Waals surface area contributed by atoms with Gasteiger partial charge >= 0.3 is 0 Å². The van der Waals surface area contributed by atoms with Crippen molar-refractivity contribution in [1.29, 1.82) is 0 Å². The molecule has 3 rings (SSSR count). The van der Waals surface area contributed by atoms with E-state index in [1.54, 1.807) is 5.56 Å². The van der Waals surface area contributed by atoms with E-state index < -0.39 is 8.07 Å². The standard InChI is InChI=1S/C17H24Si/c1-18(2,3)12-14-9-11-17-15-7-5-4-6-13(15)8-10-16(14)17/h4-8,10,14,16-17H,9,11-12H2,1-3H3. The highest BCUT2D eigenvalue weighted by molar-refractivity contribution is 6.76. The van der Waals surface area contributed by atoms with Crippen LogP contribution in [0, 0.1) is 11.8 Å². The predicted molar refractivity (Wildman–Crippen MR) is 82.6 cm³/mol. The average molecular weight is 256 g/mol. The van der Waals surface area contributed by atoms with Crippen molar-refractivity contribution in [3.63, 3.8) is 0 Å². The molecule has 1 saturated carbocycles. The molecule has 0 spiro atoms. The summed E-state index contributed by atoms with van der Waals surface area (Å²) in [6.07, 6.45) is 7.74. The monoisotopic (exact) mass is 256 g/mol. The van der Waals surface area contributed by atoms with Crippen LogP contribution in [0.5, 0.6) is 0 Å². The summed E-state index contributed by atoms with van der Waals surface area (Å²) in [5.41, 5.74) is 3.08. The smallest absolute Gasteiger partial charge is 0.0445 e. The van der Waals surface area contributed by atoms with E-state index in [4.69, 9.17) is 0 Å². The van der Waals surface area contributed by atoms with Crippen molar-refractivity contribution < 1.29 is 0 Å². The molecule has 2 aliphatic carbocycles. The van der Waals surface area contributed by atoms with E-state index in [1.165, 1.54) is 24.4 Å². The van der Waals surface area contributed by atoms with Gasteiger partial charge in [0, 0.05) is 8.07 Å². The number of fused-ring (bicyclic) bond motifs is 3. The van der Waals surface area contributed by atoms with Crippen LogP contribution in [0.25, 0.3) is 6.08 Å². The molecule has 0 heterocycles. The molecule has 0 aliphatic heterocycles. The lowest BCUT2D eigenvalue weighted by molar-refractivity contribution is 0.464. The lowest BCUT2D eigenvalue weighted by atomic mass is 9.79. The first-order valence-corrected chi connectivity index (χ1v) is 11.0. The quantitative estimate of drug-likeness (QED) is 0.641. The zero-order valence-electron chi connectivity index (χ0n) is 11.8. The number of benzene rings is 1. The van der Waals surface area contributed by atoms with Crippen LogP contribution in [-0.4, -0.2) is 8.07 Å². The van der Waals surface area contributed by atoms with Crippen LogP contribution < -0.4 is 0 Å². The van der Waals surface area contributed by atoms with Gasteiger partial charge in [0.05, 0.1) is 0 Å². The van der Waals surface area contributed by atoms with Gasteiger partial charge in [0.2, 0.25) is 0 Å². The van der Waals surface area contributed by atoms with Gasteiger partial charge in [0.25, 0.3) is 0 Å². The van der Waals surface area contributed by atoms with Gasteiger partial charge < -0.3 is 0 Å². The molecule has 0 radical (unpaired) electrons. The Morgan fingerprint density at radius 2 is 1.89 bits per heavy atom. The van der Waals surface area contributed by atoms with Crippen LogP contribution in [0.1, 0.15) is 29.9 Å². The predicted octanol–water partition coefficient (Wildman–Crippen LogP) is 5.16. The number of hydrogen-bond donors (Lipinski definition) is 0. The third-order valence-electron chi connectivity index (χ3n) is 4.63. The topological polar surface area (TPSA) is 0 Å². The molecule has 1 aromatic rings. The first-order valence-electron chi connectivity index (χ1n) is 7.32. The van der Waals surface area contributed by atoms with Crippen LogP contribution in [0.3, 0.4) is 0 Å². The van der Waals surface area contributed by atoms with E-state index >= 15 is 0 Å². The number of rotatable bonds is 2. The minimum atomic E-state index is -0.924. The fraction of sp³-hybridized carbons (Fsp3) is 0.529. The third-order valence-corrected chi connectivity index (χ3v) is 6.37. The maximum atomic E-state index is 2.52. The Hall–Kier alpha value is -0.823. The summed E-state index contributed by atoms with van der Waals surface area (Å²) in [7, 11) is -0.924. The van der Waals surface area contributed by atoms with Crippen molar-refractivity contribution in [2.24, 2.45) is 11.8 Å². The molecule has 0 bridgehead atoms. The van der Waals surface area contributed by atoms with Crippen LogP contribution in [0.15, 0.2) is 30.3 Å². The molecule has 2 aliphatic rings. The first-order chi connectivity index (χ1) is 8.54. The summed E-state index contributed by atoms with van der Waals surface area (Å²) in [5.74, 6) is 2.59. The second-order valence-corrected chi connectivity index (χ2v) is 12.8. The summed E-state index contributed by atoms with van der Waals surface area (Å²) in [5, 5.41) is 0. The molecule has 0 N–H and O–H groups in total. The maximum absolute atomic E-state index is 2.52. The zero-order valence-corrected chi connectivity index (χ0v) is 12.8. The Morgan fingerprint density at radius 3 is 2.67 bits per heavy atom. The summed E-state index contributed by atoms with van der Waals surface area (Å²) < 4.78 is 0. The Morgan fingerprint density at radius 1 is 1.11 bits per heavy atom. The number of hydrogen-bond acceptors (Lipinski definition) is 0. The SMILES string of the molecule is C[Si](C)(C)CC1CCC2c3ccccc3C=CC12. The average Bonchev–Trinajstić information content (AvgIpc) is 2.71. The molecular weight excluding hydrogens is 232 g/mol. The van der Waals surface area contributed by atoms with Crippen molar-refractivity contribution >= 4 is 14.1 Å². The number of allylic oxidation sites excluding steroid dienone is 1. The van der Waals surface area contributed by atoms with Crippen molar-refractivity contribution in [2.45, 2.75) is 44.4 Å². The van der Waals surface area contributed by atoms with E-state index in [-0.39, 0.29) is 0 Å². The van der Waals surface area contributed by atoms with Gasteiger partial charge in [-0.25, -0.2) is 0 Å². The van der Waals surface area contributed by atoms with E-state index in [0.29, 0.717) is 0 Å². The fourth-order valence-electron chi connectivity index (χ4n) is 4.00. The lowest BCUT2D eigenvalue weighted by Gasteiger charge is -2.30. The van der Waals surface area contributed by atoms with E-state index in [9.17, 15) is 0 Å². The second kappa shape index (κ2) is 4.38. The van der Waals surface area contributed by atoms with Gasteiger partial charge in [-0.15, -0.1) is 0 Å². The lowest BCUT2D eigenvalue weighted by Crippen LogP contribution is -2.26. The highest BCUT2D eigenvalue weighted by atomic mass is 28.3. The van der Waals surface area contributed by atoms with Crippen molar-refractivity contribution in [3.05, 3.63) is 41.5 Å². The molecule has 0 nitrogen and oxygen atoms in total. The highest BCUT2D eigenvalue weighted by Crippen LogP contribution is 2.50. The van der Waals surface area contributed by atoms with Crippen LogP contribution >= 0.6 is 0 Å². The molecule has 1 heteroatoms. The molecule has 18 heavy (non-hydrogen) atoms. The van der Waals surface area contributed by atoms with Crippen LogP contribution in [-0.2, 0) is 0 Å². The summed E-state index contributed by atoms with van der Waals surface area (Å²) in [6, 6.07) is 10.5. The second-order valence-electron chi connectivity index (χ2n) is 7.27. The summed E-state index contributed by atoms with van der Waals surface area (Å²) in [6.45, 7) is 7.54. The Kier molecular flexibility index (Phi) is 2.97. The fourth-order valence-corrected chi connectivity index (χ4v) is 6.05. The van der Waals surface area contributed by atoms with Gasteiger partial charge in [-0.1, -0.05) is 62.1 Å². The molecule has 0 aromatic heterocycles. The van der Waals surface area contributed by atoms with Gasteiger partial charge in [-0.05, 0) is 41.7 Å². The van der Waals surface area contributed by atoms with Gasteiger partial charge in [-0.2, -0.15) is 0 Å². The van der Waals surface area contributed by atoms with E-state index in [1.807, 2.05) is 0 Å².